The normalized spacial score (nSPS) is 11.4. The molecule has 0 aliphatic carbocycles. The molecule has 0 spiro atoms. The van der Waals surface area contributed by atoms with E-state index in [0.717, 1.165) is 16.5 Å². The molecule has 0 saturated carbocycles. The predicted octanol–water partition coefficient (Wildman–Crippen LogP) is 4.85. The van der Waals surface area contributed by atoms with E-state index in [1.165, 1.54) is 35.0 Å². The number of rotatable bonds is 4. The van der Waals surface area contributed by atoms with Crippen LogP contribution in [-0.2, 0) is 6.42 Å². The lowest BCUT2D eigenvalue weighted by Gasteiger charge is -2.12. The van der Waals surface area contributed by atoms with E-state index in [9.17, 15) is 8.78 Å². The number of nitrogen functional groups attached to an aromatic ring is 1. The van der Waals surface area contributed by atoms with Gasteiger partial charge in [0.1, 0.15) is 11.6 Å². The Morgan fingerprint density at radius 2 is 1.60 bits per heavy atom. The van der Waals surface area contributed by atoms with Gasteiger partial charge in [-0.1, -0.05) is 12.1 Å². The molecular formula is C26H17F2N7. The van der Waals surface area contributed by atoms with Gasteiger partial charge in [0.2, 0.25) is 5.95 Å². The van der Waals surface area contributed by atoms with Gasteiger partial charge in [-0.25, -0.2) is 18.7 Å². The Hall–Kier alpha value is -4.79. The summed E-state index contributed by atoms with van der Waals surface area (Å²) in [7, 11) is 0. The minimum Gasteiger partial charge on any atom is -0.368 e. The third-order valence-electron chi connectivity index (χ3n) is 5.72. The molecule has 2 aromatic carbocycles. The molecule has 7 nitrogen and oxygen atoms in total. The summed E-state index contributed by atoms with van der Waals surface area (Å²) in [4.78, 5) is 17.8. The van der Waals surface area contributed by atoms with Crippen LogP contribution in [0.1, 0.15) is 11.5 Å². The van der Waals surface area contributed by atoms with Crippen molar-refractivity contribution in [2.45, 2.75) is 6.42 Å². The van der Waals surface area contributed by atoms with Gasteiger partial charge < -0.3 is 5.73 Å². The van der Waals surface area contributed by atoms with Crippen molar-refractivity contribution in [3.8, 4) is 22.4 Å². The average Bonchev–Trinajstić information content (AvgIpc) is 3.30. The van der Waals surface area contributed by atoms with Crippen molar-refractivity contribution in [2.24, 2.45) is 0 Å². The summed E-state index contributed by atoms with van der Waals surface area (Å²) in [6.07, 6.45) is 3.34. The predicted molar refractivity (Wildman–Crippen MR) is 128 cm³/mol. The van der Waals surface area contributed by atoms with E-state index in [1.807, 2.05) is 30.3 Å². The topological polar surface area (TPSA) is 94.9 Å². The number of pyridine rings is 2. The summed E-state index contributed by atoms with van der Waals surface area (Å²) in [6.45, 7) is 0. The number of fused-ring (bicyclic) bond motifs is 2. The summed E-state index contributed by atoms with van der Waals surface area (Å²) in [5, 5.41) is 5.42. The van der Waals surface area contributed by atoms with E-state index in [2.05, 4.69) is 20.1 Å². The molecular weight excluding hydrogens is 448 g/mol. The monoisotopic (exact) mass is 465 g/mol. The van der Waals surface area contributed by atoms with Crippen LogP contribution in [0.2, 0.25) is 0 Å². The molecule has 0 fully saturated rings. The smallest absolute Gasteiger partial charge is 0.223 e. The minimum atomic E-state index is -0.438. The lowest BCUT2D eigenvalue weighted by atomic mass is 9.98. The van der Waals surface area contributed by atoms with Crippen LogP contribution in [0.15, 0.2) is 79.1 Å². The van der Waals surface area contributed by atoms with Crippen LogP contribution >= 0.6 is 0 Å². The second-order valence-corrected chi connectivity index (χ2v) is 7.98. The number of halogens is 2. The molecule has 0 radical (unpaired) electrons. The molecule has 0 bridgehead atoms. The molecule has 0 unspecified atom stereocenters. The molecule has 6 rings (SSSR count). The highest BCUT2D eigenvalue weighted by Crippen LogP contribution is 2.36. The highest BCUT2D eigenvalue weighted by molar-refractivity contribution is 5.94. The first-order valence-electron chi connectivity index (χ1n) is 10.8. The van der Waals surface area contributed by atoms with Crippen LogP contribution in [0.3, 0.4) is 0 Å². The Balaban J connectivity index is 1.61. The van der Waals surface area contributed by atoms with Gasteiger partial charge >= 0.3 is 0 Å². The zero-order valence-electron chi connectivity index (χ0n) is 18.2. The van der Waals surface area contributed by atoms with Gasteiger partial charge in [0.25, 0.3) is 0 Å². The number of benzene rings is 2. The van der Waals surface area contributed by atoms with E-state index < -0.39 is 5.82 Å². The number of hydrogen-bond acceptors (Lipinski definition) is 6. The number of nitrogens with two attached hydrogens (primary N) is 1. The zero-order chi connectivity index (χ0) is 23.9. The maximum absolute atomic E-state index is 14.2. The fraction of sp³-hybridized carbons (Fsp3) is 0.0385. The first-order chi connectivity index (χ1) is 17.1. The van der Waals surface area contributed by atoms with E-state index in [0.29, 0.717) is 28.3 Å². The zero-order valence-corrected chi connectivity index (χ0v) is 18.2. The van der Waals surface area contributed by atoms with E-state index in [1.54, 1.807) is 18.3 Å². The standard InChI is InChI=1S/C26H17F2N7/c27-18-8-5-15(6-9-18)24-23(17-7-10-20-16(13-17)3-1-11-30-20)25-32-22(34-35(25)26(29)33-24)14-21-19(28)4-2-12-31-21/h1-13H,14H2,(H2,29,33). The first-order valence-corrected chi connectivity index (χ1v) is 10.8. The fourth-order valence-electron chi connectivity index (χ4n) is 4.09. The van der Waals surface area contributed by atoms with Gasteiger partial charge in [-0.05, 0) is 60.2 Å². The van der Waals surface area contributed by atoms with Gasteiger partial charge in [-0.3, -0.25) is 9.97 Å². The molecule has 35 heavy (non-hydrogen) atoms. The Morgan fingerprint density at radius 1 is 0.829 bits per heavy atom. The maximum Gasteiger partial charge on any atom is 0.223 e. The van der Waals surface area contributed by atoms with Gasteiger partial charge in [-0.2, -0.15) is 4.52 Å². The van der Waals surface area contributed by atoms with Crippen molar-refractivity contribution in [2.75, 3.05) is 5.73 Å². The third-order valence-corrected chi connectivity index (χ3v) is 5.72. The van der Waals surface area contributed by atoms with Crippen LogP contribution in [-0.4, -0.2) is 29.5 Å². The Kier molecular flexibility index (Phi) is 4.88. The van der Waals surface area contributed by atoms with Crippen LogP contribution in [0.4, 0.5) is 14.7 Å². The second-order valence-electron chi connectivity index (χ2n) is 7.98. The SMILES string of the molecule is Nc1nc(-c2ccc(F)cc2)c(-c2ccc3ncccc3c2)c2nc(Cc3ncccc3F)nn12. The van der Waals surface area contributed by atoms with Gasteiger partial charge in [0, 0.05) is 23.3 Å². The highest BCUT2D eigenvalue weighted by Gasteiger charge is 2.21. The lowest BCUT2D eigenvalue weighted by molar-refractivity contribution is 0.601. The minimum absolute atomic E-state index is 0.0841. The largest absolute Gasteiger partial charge is 0.368 e. The van der Waals surface area contributed by atoms with E-state index in [-0.39, 0.29) is 23.9 Å². The molecule has 4 heterocycles. The summed E-state index contributed by atoms with van der Waals surface area (Å²) in [5.74, 6) is -0.350. The summed E-state index contributed by atoms with van der Waals surface area (Å²) < 4.78 is 29.3. The maximum atomic E-state index is 14.2. The van der Waals surface area contributed by atoms with E-state index >= 15 is 0 Å². The fourth-order valence-corrected chi connectivity index (χ4v) is 4.09. The average molecular weight is 465 g/mol. The lowest BCUT2D eigenvalue weighted by Crippen LogP contribution is -2.06. The number of nitrogens with zero attached hydrogens (tertiary/aromatic N) is 6. The van der Waals surface area contributed by atoms with Crippen LogP contribution < -0.4 is 5.73 Å². The van der Waals surface area contributed by atoms with Crippen LogP contribution in [0.5, 0.6) is 0 Å². The van der Waals surface area contributed by atoms with Crippen molar-refractivity contribution >= 4 is 22.5 Å². The van der Waals surface area contributed by atoms with Crippen molar-refractivity contribution < 1.29 is 8.78 Å². The molecule has 2 N–H and O–H groups in total. The van der Waals surface area contributed by atoms with Crippen LogP contribution in [0.25, 0.3) is 38.9 Å². The molecule has 0 saturated heterocycles. The van der Waals surface area contributed by atoms with Crippen molar-refractivity contribution in [3.63, 3.8) is 0 Å². The quantitative estimate of drug-likeness (QED) is 0.400. The summed E-state index contributed by atoms with van der Waals surface area (Å²) in [6, 6.07) is 18.5. The molecule has 0 aliphatic heterocycles. The van der Waals surface area contributed by atoms with E-state index in [4.69, 9.17) is 10.7 Å². The summed E-state index contributed by atoms with van der Waals surface area (Å²) in [5.41, 5.74) is 10.5. The Bertz CT molecular complexity index is 1710. The van der Waals surface area contributed by atoms with Crippen molar-refractivity contribution in [1.82, 2.24) is 29.5 Å². The molecule has 170 valence electrons. The van der Waals surface area contributed by atoms with Crippen LogP contribution in [0, 0.1) is 11.6 Å². The third kappa shape index (κ3) is 3.72. The number of aromatic nitrogens is 6. The Labute approximate surface area is 198 Å². The van der Waals surface area contributed by atoms with Gasteiger partial charge in [-0.15, -0.1) is 5.10 Å². The number of anilines is 1. The Morgan fingerprint density at radius 3 is 2.43 bits per heavy atom. The molecule has 6 aromatic rings. The molecule has 9 heteroatoms. The van der Waals surface area contributed by atoms with Crippen molar-refractivity contribution in [1.29, 1.82) is 0 Å². The second kappa shape index (κ2) is 8.21. The molecule has 0 atom stereocenters. The summed E-state index contributed by atoms with van der Waals surface area (Å²) >= 11 is 0. The van der Waals surface area contributed by atoms with Gasteiger partial charge in [0.15, 0.2) is 11.5 Å². The molecule has 0 amide bonds. The van der Waals surface area contributed by atoms with Gasteiger partial charge in [0.05, 0.1) is 28.9 Å². The highest BCUT2D eigenvalue weighted by atomic mass is 19.1. The number of hydrogen-bond donors (Lipinski definition) is 1. The van der Waals surface area contributed by atoms with Crippen molar-refractivity contribution in [3.05, 3.63) is 102 Å². The molecule has 4 aromatic heterocycles. The molecule has 0 aliphatic rings. The first kappa shape index (κ1) is 20.8.